The number of fused-ring (bicyclic) bond motifs is 1. The van der Waals surface area contributed by atoms with Crippen LogP contribution in [0.4, 0.5) is 0 Å². The van der Waals surface area contributed by atoms with Gasteiger partial charge in [0.1, 0.15) is 6.33 Å². The molecule has 1 atom stereocenters. The third-order valence-electron chi connectivity index (χ3n) is 4.89. The number of rotatable bonds is 4. The van der Waals surface area contributed by atoms with Gasteiger partial charge in [-0.15, -0.1) is 0 Å². The smallest absolute Gasteiger partial charge is 0.243 e. The lowest BCUT2D eigenvalue weighted by molar-refractivity contribution is -0.121. The molecule has 3 aromatic rings. The molecule has 1 fully saturated rings. The van der Waals surface area contributed by atoms with Gasteiger partial charge in [0.25, 0.3) is 0 Å². The molecule has 7 nitrogen and oxygen atoms in total. The van der Waals surface area contributed by atoms with E-state index in [1.54, 1.807) is 35.3 Å². The van der Waals surface area contributed by atoms with E-state index in [-0.39, 0.29) is 17.3 Å². The third kappa shape index (κ3) is 3.69. The van der Waals surface area contributed by atoms with Crippen molar-refractivity contribution in [3.63, 3.8) is 0 Å². The highest BCUT2D eigenvalue weighted by molar-refractivity contribution is 9.10. The van der Waals surface area contributed by atoms with Crippen molar-refractivity contribution in [2.45, 2.75) is 17.7 Å². The first-order valence-corrected chi connectivity index (χ1v) is 11.2. The molecule has 0 aliphatic carbocycles. The van der Waals surface area contributed by atoms with Gasteiger partial charge >= 0.3 is 0 Å². The van der Waals surface area contributed by atoms with Crippen LogP contribution in [0.2, 0.25) is 0 Å². The number of para-hydroxylation sites is 2. The summed E-state index contributed by atoms with van der Waals surface area (Å²) in [5.74, 6) is -0.626. The number of benzene rings is 2. The van der Waals surface area contributed by atoms with Crippen molar-refractivity contribution in [1.82, 2.24) is 14.0 Å². The van der Waals surface area contributed by atoms with Crippen LogP contribution in [0.3, 0.4) is 0 Å². The number of hydrogen-bond donors (Lipinski definition) is 1. The van der Waals surface area contributed by atoms with Crippen LogP contribution in [0.25, 0.3) is 11.0 Å². The number of hydrogen-bond acceptors (Lipinski definition) is 4. The molecule has 2 heterocycles. The summed E-state index contributed by atoms with van der Waals surface area (Å²) >= 11 is 3.31. The van der Waals surface area contributed by atoms with Crippen LogP contribution in [0.15, 0.2) is 64.2 Å². The van der Waals surface area contributed by atoms with Crippen LogP contribution < -0.4 is 5.43 Å². The lowest BCUT2D eigenvalue weighted by Gasteiger charge is -2.31. The maximum Gasteiger partial charge on any atom is 0.243 e. The van der Waals surface area contributed by atoms with Gasteiger partial charge in [-0.1, -0.05) is 28.1 Å². The van der Waals surface area contributed by atoms with E-state index in [0.717, 1.165) is 15.5 Å². The van der Waals surface area contributed by atoms with Crippen LogP contribution in [0.5, 0.6) is 0 Å². The normalized spacial score (nSPS) is 18.2. The lowest BCUT2D eigenvalue weighted by Crippen LogP contribution is -2.44. The molecule has 9 heteroatoms. The zero-order valence-electron chi connectivity index (χ0n) is 15.0. The van der Waals surface area contributed by atoms with Crippen molar-refractivity contribution in [2.75, 3.05) is 18.5 Å². The molecule has 1 unspecified atom stereocenters. The van der Waals surface area contributed by atoms with E-state index < -0.39 is 15.9 Å². The Balaban J connectivity index is 1.50. The number of nitrogens with zero attached hydrogens (tertiary/aromatic N) is 3. The maximum atomic E-state index is 12.9. The van der Waals surface area contributed by atoms with Gasteiger partial charge in [-0.05, 0) is 49.2 Å². The molecule has 0 bridgehead atoms. The van der Waals surface area contributed by atoms with Gasteiger partial charge in [0, 0.05) is 17.6 Å². The summed E-state index contributed by atoms with van der Waals surface area (Å²) in [5, 5.41) is 0. The molecule has 1 aliphatic heterocycles. The highest BCUT2D eigenvalue weighted by Gasteiger charge is 2.33. The number of halogens is 1. The first kappa shape index (κ1) is 19.1. The van der Waals surface area contributed by atoms with Gasteiger partial charge in [0.15, 0.2) is 0 Å². The minimum Gasteiger partial charge on any atom is -0.273 e. The summed E-state index contributed by atoms with van der Waals surface area (Å²) in [6, 6.07) is 14.0. The van der Waals surface area contributed by atoms with Crippen molar-refractivity contribution in [3.05, 3.63) is 59.3 Å². The number of sulfonamides is 1. The number of carbonyl (C=O) groups is 1. The van der Waals surface area contributed by atoms with Crippen molar-refractivity contribution in [3.8, 4) is 0 Å². The summed E-state index contributed by atoms with van der Waals surface area (Å²) in [5.41, 5.74) is 4.42. The van der Waals surface area contributed by atoms with Crippen LogP contribution in [-0.2, 0) is 14.8 Å². The molecular formula is C19H19BrN4O3S. The molecule has 1 aliphatic rings. The Hall–Kier alpha value is -2.23. The summed E-state index contributed by atoms with van der Waals surface area (Å²) in [7, 11) is -3.63. The zero-order valence-corrected chi connectivity index (χ0v) is 17.4. The minimum absolute atomic E-state index is 0.164. The highest BCUT2D eigenvalue weighted by atomic mass is 79.9. The predicted molar refractivity (Wildman–Crippen MR) is 110 cm³/mol. The second kappa shape index (κ2) is 7.65. The molecule has 0 radical (unpaired) electrons. The fourth-order valence-corrected chi connectivity index (χ4v) is 5.18. The first-order valence-electron chi connectivity index (χ1n) is 8.94. The largest absolute Gasteiger partial charge is 0.273 e. The molecule has 1 amide bonds. The first-order chi connectivity index (χ1) is 13.4. The Labute approximate surface area is 171 Å². The predicted octanol–water partition coefficient (Wildman–Crippen LogP) is 2.97. The quantitative estimate of drug-likeness (QED) is 0.645. The lowest BCUT2D eigenvalue weighted by atomic mass is 9.99. The molecule has 2 aromatic carbocycles. The molecule has 0 spiro atoms. The minimum atomic E-state index is -3.63. The standard InChI is InChI=1S/C19H19BrN4O3S/c20-15-7-9-16(10-8-15)28(26,27)23-11-3-4-14(12-23)19(25)22-24-13-21-17-5-1-2-6-18(17)24/h1-2,5-10,13-14H,3-4,11-12H2,(H,22,25). The zero-order chi connectivity index (χ0) is 19.7. The second-order valence-electron chi connectivity index (χ2n) is 6.74. The van der Waals surface area contributed by atoms with E-state index in [9.17, 15) is 13.2 Å². The topological polar surface area (TPSA) is 84.3 Å². The molecule has 1 N–H and O–H groups in total. The van der Waals surface area contributed by atoms with Gasteiger partial charge in [-0.25, -0.2) is 18.1 Å². The van der Waals surface area contributed by atoms with E-state index >= 15 is 0 Å². The van der Waals surface area contributed by atoms with Crippen LogP contribution in [-0.4, -0.2) is 41.4 Å². The Morgan fingerprint density at radius 1 is 1.14 bits per heavy atom. The number of aromatic nitrogens is 2. The van der Waals surface area contributed by atoms with Gasteiger partial charge < -0.3 is 0 Å². The van der Waals surface area contributed by atoms with Crippen molar-refractivity contribution in [1.29, 1.82) is 0 Å². The Kier molecular flexibility index (Phi) is 5.22. The summed E-state index contributed by atoms with van der Waals surface area (Å²) < 4.78 is 29.6. The molecule has 0 saturated carbocycles. The monoisotopic (exact) mass is 462 g/mol. The second-order valence-corrected chi connectivity index (χ2v) is 9.59. The number of imidazole rings is 1. The third-order valence-corrected chi connectivity index (χ3v) is 7.30. The van der Waals surface area contributed by atoms with Crippen LogP contribution >= 0.6 is 15.9 Å². The highest BCUT2D eigenvalue weighted by Crippen LogP contribution is 2.25. The van der Waals surface area contributed by atoms with E-state index in [1.807, 2.05) is 24.3 Å². The number of piperidine rings is 1. The summed E-state index contributed by atoms with van der Waals surface area (Å²) in [6.45, 7) is 0.576. The average molecular weight is 463 g/mol. The van der Waals surface area contributed by atoms with Gasteiger partial charge in [0.2, 0.25) is 15.9 Å². The molecule has 146 valence electrons. The van der Waals surface area contributed by atoms with Crippen molar-refractivity contribution in [2.24, 2.45) is 5.92 Å². The van der Waals surface area contributed by atoms with Crippen molar-refractivity contribution >= 4 is 42.9 Å². The van der Waals surface area contributed by atoms with Crippen LogP contribution in [0, 0.1) is 5.92 Å². The van der Waals surface area contributed by atoms with Gasteiger partial charge in [-0.3, -0.25) is 10.2 Å². The SMILES string of the molecule is O=C(Nn1cnc2ccccc21)C1CCCN(S(=O)(=O)c2ccc(Br)cc2)C1. The fraction of sp³-hybridized carbons (Fsp3) is 0.263. The van der Waals surface area contributed by atoms with E-state index in [0.29, 0.717) is 19.4 Å². The molecule has 1 aromatic heterocycles. The Morgan fingerprint density at radius 3 is 2.68 bits per heavy atom. The number of nitrogens with one attached hydrogen (secondary N) is 1. The molecular weight excluding hydrogens is 444 g/mol. The maximum absolute atomic E-state index is 12.9. The Morgan fingerprint density at radius 2 is 1.89 bits per heavy atom. The Bertz CT molecular complexity index is 1110. The molecule has 4 rings (SSSR count). The van der Waals surface area contributed by atoms with E-state index in [2.05, 4.69) is 26.3 Å². The fourth-order valence-electron chi connectivity index (χ4n) is 3.39. The van der Waals surface area contributed by atoms with Crippen molar-refractivity contribution < 1.29 is 13.2 Å². The molecule has 28 heavy (non-hydrogen) atoms. The van der Waals surface area contributed by atoms with Crippen LogP contribution in [0.1, 0.15) is 12.8 Å². The summed E-state index contributed by atoms with van der Waals surface area (Å²) in [6.07, 6.45) is 2.84. The summed E-state index contributed by atoms with van der Waals surface area (Å²) in [4.78, 5) is 17.3. The van der Waals surface area contributed by atoms with Gasteiger partial charge in [-0.2, -0.15) is 4.31 Å². The number of carbonyl (C=O) groups excluding carboxylic acids is 1. The van der Waals surface area contributed by atoms with E-state index in [1.165, 1.54) is 4.31 Å². The molecule has 1 saturated heterocycles. The average Bonchev–Trinajstić information content (AvgIpc) is 3.11. The van der Waals surface area contributed by atoms with Gasteiger partial charge in [0.05, 0.1) is 21.8 Å². The van der Waals surface area contributed by atoms with E-state index in [4.69, 9.17) is 0 Å². The number of amides is 1.